The van der Waals surface area contributed by atoms with Crippen LogP contribution in [0.2, 0.25) is 0 Å². The molecule has 2 aliphatic rings. The lowest BCUT2D eigenvalue weighted by Crippen LogP contribution is -2.67. The van der Waals surface area contributed by atoms with Gasteiger partial charge in [0.15, 0.2) is 0 Å². The highest BCUT2D eigenvalue weighted by Gasteiger charge is 2.49. The number of piperidine rings is 1. The van der Waals surface area contributed by atoms with E-state index in [1.807, 2.05) is 11.9 Å². The molecule has 1 aromatic heterocycles. The molecule has 0 N–H and O–H groups in total. The molecule has 0 unspecified atom stereocenters. The Morgan fingerprint density at radius 2 is 2.00 bits per heavy atom. The highest BCUT2D eigenvalue weighted by Crippen LogP contribution is 2.33. The third-order valence-corrected chi connectivity index (χ3v) is 5.84. The molecular weight excluding hydrogens is 282 g/mol. The number of amides is 1. The Morgan fingerprint density at radius 3 is 2.62 bits per heavy atom. The average Bonchev–Trinajstić information content (AvgIpc) is 3.00. The molecule has 3 heterocycles. The number of piperazine rings is 1. The number of likely N-dealkylation sites (tertiary alicyclic amines) is 1. The molecule has 0 bridgehead atoms. The summed E-state index contributed by atoms with van der Waals surface area (Å²) >= 11 is 1.76. The van der Waals surface area contributed by atoms with Crippen LogP contribution >= 0.6 is 11.3 Å². The second-order valence-electron chi connectivity index (χ2n) is 6.25. The van der Waals surface area contributed by atoms with E-state index >= 15 is 0 Å². The van der Waals surface area contributed by atoms with Crippen molar-refractivity contribution in [2.24, 2.45) is 0 Å². The zero-order chi connectivity index (χ0) is 14.9. The van der Waals surface area contributed by atoms with Crippen LogP contribution < -0.4 is 0 Å². The minimum absolute atomic E-state index is 0.229. The number of carbonyl (C=O) groups excluding carboxylic acids is 1. The van der Waals surface area contributed by atoms with Crippen LogP contribution in [0.5, 0.6) is 0 Å². The predicted molar refractivity (Wildman–Crippen MR) is 86.4 cm³/mol. The Morgan fingerprint density at radius 1 is 1.24 bits per heavy atom. The smallest absolute Gasteiger partial charge is 0.242 e. The number of likely N-dealkylation sites (N-methyl/N-ethyl adjacent to an activating group) is 2. The van der Waals surface area contributed by atoms with Gasteiger partial charge < -0.3 is 4.90 Å². The van der Waals surface area contributed by atoms with Gasteiger partial charge in [-0.2, -0.15) is 11.3 Å². The second-order valence-corrected chi connectivity index (χ2v) is 7.03. The van der Waals surface area contributed by atoms with E-state index in [9.17, 15) is 4.79 Å². The van der Waals surface area contributed by atoms with Crippen LogP contribution in [-0.4, -0.2) is 65.9 Å². The number of carbonyl (C=O) groups is 1. The first kappa shape index (κ1) is 15.0. The maximum absolute atomic E-state index is 12.8. The zero-order valence-electron chi connectivity index (χ0n) is 13.0. The molecule has 0 atom stereocenters. The van der Waals surface area contributed by atoms with Crippen LogP contribution in [0.3, 0.4) is 0 Å². The van der Waals surface area contributed by atoms with Crippen LogP contribution in [0.4, 0.5) is 0 Å². The van der Waals surface area contributed by atoms with E-state index in [-0.39, 0.29) is 5.54 Å². The van der Waals surface area contributed by atoms with E-state index in [0.29, 0.717) is 5.91 Å². The molecule has 2 fully saturated rings. The zero-order valence-corrected chi connectivity index (χ0v) is 13.9. The fraction of sp³-hybridized carbons (Fsp3) is 0.688. The maximum atomic E-state index is 12.8. The summed E-state index contributed by atoms with van der Waals surface area (Å²) in [5.74, 6) is 0.339. The Hall–Kier alpha value is -0.910. The quantitative estimate of drug-likeness (QED) is 0.853. The summed E-state index contributed by atoms with van der Waals surface area (Å²) < 4.78 is 0. The lowest BCUT2D eigenvalue weighted by molar-refractivity contribution is -0.154. The van der Waals surface area contributed by atoms with E-state index in [4.69, 9.17) is 0 Å². The normalized spacial score (nSPS) is 23.9. The van der Waals surface area contributed by atoms with Gasteiger partial charge in [0.25, 0.3) is 0 Å². The van der Waals surface area contributed by atoms with Gasteiger partial charge in [-0.1, -0.05) is 6.92 Å². The fourth-order valence-corrected chi connectivity index (χ4v) is 4.45. The number of thiophene rings is 1. The molecule has 21 heavy (non-hydrogen) atoms. The summed E-state index contributed by atoms with van der Waals surface area (Å²) in [6, 6.07) is 2.20. The van der Waals surface area contributed by atoms with Crippen LogP contribution in [0.25, 0.3) is 0 Å². The molecule has 0 aliphatic carbocycles. The minimum Gasteiger partial charge on any atom is -0.343 e. The molecule has 2 aliphatic heterocycles. The molecule has 3 rings (SSSR count). The molecule has 1 aromatic rings. The van der Waals surface area contributed by atoms with Crippen molar-refractivity contribution in [3.63, 3.8) is 0 Å². The van der Waals surface area contributed by atoms with E-state index in [1.54, 1.807) is 11.3 Å². The molecule has 4 nitrogen and oxygen atoms in total. The van der Waals surface area contributed by atoms with Crippen molar-refractivity contribution >= 4 is 17.2 Å². The molecule has 116 valence electrons. The van der Waals surface area contributed by atoms with Gasteiger partial charge in [0, 0.05) is 39.8 Å². The van der Waals surface area contributed by atoms with Gasteiger partial charge in [-0.15, -0.1) is 0 Å². The fourth-order valence-electron chi connectivity index (χ4n) is 3.79. The van der Waals surface area contributed by atoms with Crippen molar-refractivity contribution in [3.8, 4) is 0 Å². The van der Waals surface area contributed by atoms with Crippen molar-refractivity contribution in [2.75, 3.05) is 39.8 Å². The number of nitrogens with zero attached hydrogens (tertiary/aromatic N) is 3. The lowest BCUT2D eigenvalue weighted by atomic mass is 9.82. The first-order valence-electron chi connectivity index (χ1n) is 7.90. The summed E-state index contributed by atoms with van der Waals surface area (Å²) in [5, 5.41) is 4.36. The summed E-state index contributed by atoms with van der Waals surface area (Å²) in [7, 11) is 1.95. The standard InChI is InChI=1S/C16H25N3OS/c1-3-19-10-9-17(2)15(20)16(19)5-7-18(8-6-16)12-14-4-11-21-13-14/h4,11,13H,3,5-10,12H2,1-2H3. The SMILES string of the molecule is CCN1CCN(C)C(=O)C12CCN(Cc1ccsc1)CC2. The monoisotopic (exact) mass is 307 g/mol. The topological polar surface area (TPSA) is 26.8 Å². The van der Waals surface area contributed by atoms with Gasteiger partial charge in [-0.05, 0) is 41.8 Å². The van der Waals surface area contributed by atoms with Crippen LogP contribution in [0, 0.1) is 0 Å². The van der Waals surface area contributed by atoms with Crippen molar-refractivity contribution in [2.45, 2.75) is 31.8 Å². The average molecular weight is 307 g/mol. The van der Waals surface area contributed by atoms with E-state index in [1.165, 1.54) is 5.56 Å². The molecule has 5 heteroatoms. The summed E-state index contributed by atoms with van der Waals surface area (Å²) in [6.45, 7) is 8.10. The summed E-state index contributed by atoms with van der Waals surface area (Å²) in [4.78, 5) is 19.6. The van der Waals surface area contributed by atoms with Crippen molar-refractivity contribution in [1.82, 2.24) is 14.7 Å². The largest absolute Gasteiger partial charge is 0.343 e. The van der Waals surface area contributed by atoms with Crippen molar-refractivity contribution in [3.05, 3.63) is 22.4 Å². The van der Waals surface area contributed by atoms with Crippen LogP contribution in [0.1, 0.15) is 25.3 Å². The third kappa shape index (κ3) is 2.74. The molecule has 0 radical (unpaired) electrons. The predicted octanol–water partition coefficient (Wildman–Crippen LogP) is 1.88. The third-order valence-electron chi connectivity index (χ3n) is 5.11. The molecule has 0 saturated carbocycles. The van der Waals surface area contributed by atoms with Gasteiger partial charge in [0.05, 0.1) is 0 Å². The van der Waals surface area contributed by atoms with Crippen molar-refractivity contribution in [1.29, 1.82) is 0 Å². The molecule has 1 spiro atoms. The summed E-state index contributed by atoms with van der Waals surface area (Å²) in [5.41, 5.74) is 1.17. The lowest BCUT2D eigenvalue weighted by Gasteiger charge is -2.52. The van der Waals surface area contributed by atoms with Gasteiger partial charge in [0.1, 0.15) is 5.54 Å². The molecular formula is C16H25N3OS. The number of hydrogen-bond acceptors (Lipinski definition) is 4. The van der Waals surface area contributed by atoms with Crippen molar-refractivity contribution < 1.29 is 4.79 Å². The maximum Gasteiger partial charge on any atom is 0.242 e. The molecule has 2 saturated heterocycles. The number of hydrogen-bond donors (Lipinski definition) is 0. The molecule has 1 amide bonds. The first-order valence-corrected chi connectivity index (χ1v) is 8.84. The van der Waals surface area contributed by atoms with E-state index < -0.39 is 0 Å². The highest BCUT2D eigenvalue weighted by atomic mass is 32.1. The molecule has 0 aromatic carbocycles. The Kier molecular flexibility index (Phi) is 4.33. The van der Waals surface area contributed by atoms with E-state index in [0.717, 1.165) is 52.1 Å². The minimum atomic E-state index is -0.229. The van der Waals surface area contributed by atoms with Crippen LogP contribution in [0.15, 0.2) is 16.8 Å². The van der Waals surface area contributed by atoms with Gasteiger partial charge in [0.2, 0.25) is 5.91 Å². The summed E-state index contributed by atoms with van der Waals surface area (Å²) in [6.07, 6.45) is 1.93. The van der Waals surface area contributed by atoms with Gasteiger partial charge in [-0.3, -0.25) is 14.6 Å². The van der Waals surface area contributed by atoms with E-state index in [2.05, 4.69) is 33.6 Å². The van der Waals surface area contributed by atoms with Crippen LogP contribution in [-0.2, 0) is 11.3 Å². The second kappa shape index (κ2) is 6.07. The Bertz CT molecular complexity index is 480. The first-order chi connectivity index (χ1) is 10.2. The van der Waals surface area contributed by atoms with Gasteiger partial charge in [-0.25, -0.2) is 0 Å². The van der Waals surface area contributed by atoms with Gasteiger partial charge >= 0.3 is 0 Å². The Labute approximate surface area is 131 Å². The Balaban J connectivity index is 1.68. The highest BCUT2D eigenvalue weighted by molar-refractivity contribution is 7.07. The number of rotatable bonds is 3.